The number of hydrogen-bond donors (Lipinski definition) is 2. The van der Waals surface area contributed by atoms with Crippen LogP contribution in [0.15, 0.2) is 12.4 Å². The van der Waals surface area contributed by atoms with E-state index >= 15 is 0 Å². The standard InChI is InChI=1S/C11H20N4O/c1-4-5-9(2)14-10-6-13-15(7-10)8-11(16)12-3/h6-7,9,14H,4-5,8H2,1-3H3,(H,12,16). The second kappa shape index (κ2) is 6.15. The van der Waals surface area contributed by atoms with Crippen LogP contribution in [0.1, 0.15) is 26.7 Å². The number of likely N-dealkylation sites (N-methyl/N-ethyl adjacent to an activating group) is 1. The zero-order chi connectivity index (χ0) is 12.0. The molecule has 1 unspecified atom stereocenters. The maximum atomic E-state index is 11.1. The molecule has 90 valence electrons. The van der Waals surface area contributed by atoms with Crippen molar-refractivity contribution in [2.75, 3.05) is 12.4 Å². The molecule has 16 heavy (non-hydrogen) atoms. The number of nitrogens with zero attached hydrogens (tertiary/aromatic N) is 2. The average molecular weight is 224 g/mol. The maximum Gasteiger partial charge on any atom is 0.241 e. The van der Waals surface area contributed by atoms with Crippen LogP contribution in [0.4, 0.5) is 5.69 Å². The van der Waals surface area contributed by atoms with Crippen molar-refractivity contribution >= 4 is 11.6 Å². The molecule has 2 N–H and O–H groups in total. The fourth-order valence-corrected chi connectivity index (χ4v) is 1.54. The number of nitrogens with one attached hydrogen (secondary N) is 2. The molecule has 0 fully saturated rings. The third kappa shape index (κ3) is 3.92. The molecular weight excluding hydrogens is 204 g/mol. The van der Waals surface area contributed by atoms with E-state index in [9.17, 15) is 4.79 Å². The van der Waals surface area contributed by atoms with Crippen LogP contribution in [0.3, 0.4) is 0 Å². The van der Waals surface area contributed by atoms with Gasteiger partial charge in [-0.15, -0.1) is 0 Å². The number of hydrogen-bond acceptors (Lipinski definition) is 3. The average Bonchev–Trinajstić information content (AvgIpc) is 2.65. The summed E-state index contributed by atoms with van der Waals surface area (Å²) >= 11 is 0. The summed E-state index contributed by atoms with van der Waals surface area (Å²) in [5, 5.41) is 10.0. The molecule has 0 bridgehead atoms. The Morgan fingerprint density at radius 2 is 2.38 bits per heavy atom. The lowest BCUT2D eigenvalue weighted by Crippen LogP contribution is -2.23. The number of anilines is 1. The number of aromatic nitrogens is 2. The van der Waals surface area contributed by atoms with Gasteiger partial charge in [0.1, 0.15) is 6.54 Å². The first-order valence-electron chi connectivity index (χ1n) is 5.65. The van der Waals surface area contributed by atoms with Crippen LogP contribution < -0.4 is 10.6 Å². The van der Waals surface area contributed by atoms with Crippen LogP contribution in [0.25, 0.3) is 0 Å². The Labute approximate surface area is 96.2 Å². The second-order valence-corrected chi connectivity index (χ2v) is 3.93. The Balaban J connectivity index is 2.48. The highest BCUT2D eigenvalue weighted by Gasteiger charge is 2.05. The Morgan fingerprint density at radius 3 is 3.00 bits per heavy atom. The van der Waals surface area contributed by atoms with Crippen molar-refractivity contribution in [2.45, 2.75) is 39.3 Å². The lowest BCUT2D eigenvalue weighted by Gasteiger charge is -2.11. The van der Waals surface area contributed by atoms with Crippen molar-refractivity contribution in [2.24, 2.45) is 0 Å². The molecule has 0 saturated carbocycles. The first-order valence-corrected chi connectivity index (χ1v) is 5.65. The molecule has 0 radical (unpaired) electrons. The number of carbonyl (C=O) groups excluding carboxylic acids is 1. The van der Waals surface area contributed by atoms with E-state index in [1.165, 1.54) is 0 Å². The van der Waals surface area contributed by atoms with Crippen molar-refractivity contribution < 1.29 is 4.79 Å². The third-order valence-corrected chi connectivity index (χ3v) is 2.35. The minimum absolute atomic E-state index is 0.0451. The summed E-state index contributed by atoms with van der Waals surface area (Å²) in [7, 11) is 1.62. The number of carbonyl (C=O) groups is 1. The predicted molar refractivity (Wildman–Crippen MR) is 64.3 cm³/mol. The minimum atomic E-state index is -0.0451. The van der Waals surface area contributed by atoms with Crippen LogP contribution in [0.5, 0.6) is 0 Å². The lowest BCUT2D eigenvalue weighted by molar-refractivity contribution is -0.121. The fraction of sp³-hybridized carbons (Fsp3) is 0.636. The molecule has 1 heterocycles. The van der Waals surface area contributed by atoms with Gasteiger partial charge in [0.25, 0.3) is 0 Å². The SMILES string of the molecule is CCCC(C)Nc1cnn(CC(=O)NC)c1. The minimum Gasteiger partial charge on any atom is -0.380 e. The van der Waals surface area contributed by atoms with Crippen LogP contribution in [-0.2, 0) is 11.3 Å². The third-order valence-electron chi connectivity index (χ3n) is 2.35. The van der Waals surface area contributed by atoms with Crippen molar-refractivity contribution in [3.8, 4) is 0 Å². The van der Waals surface area contributed by atoms with Crippen molar-refractivity contribution in [1.29, 1.82) is 0 Å². The highest BCUT2D eigenvalue weighted by molar-refractivity contribution is 5.75. The first-order chi connectivity index (χ1) is 7.65. The van der Waals surface area contributed by atoms with Crippen LogP contribution in [0, 0.1) is 0 Å². The van der Waals surface area contributed by atoms with Crippen LogP contribution in [-0.4, -0.2) is 28.8 Å². The fourth-order valence-electron chi connectivity index (χ4n) is 1.54. The van der Waals surface area contributed by atoms with Crippen LogP contribution in [0.2, 0.25) is 0 Å². The second-order valence-electron chi connectivity index (χ2n) is 3.93. The summed E-state index contributed by atoms with van der Waals surface area (Å²) in [6, 6.07) is 0.433. The van der Waals surface area contributed by atoms with E-state index in [1.54, 1.807) is 17.9 Å². The van der Waals surface area contributed by atoms with Gasteiger partial charge in [-0.1, -0.05) is 13.3 Å². The van der Waals surface area contributed by atoms with Gasteiger partial charge in [-0.25, -0.2) is 0 Å². The van der Waals surface area contributed by atoms with Gasteiger partial charge in [0.2, 0.25) is 5.91 Å². The van der Waals surface area contributed by atoms with Crippen molar-refractivity contribution in [1.82, 2.24) is 15.1 Å². The molecule has 5 nitrogen and oxygen atoms in total. The Morgan fingerprint density at radius 1 is 1.62 bits per heavy atom. The van der Waals surface area contributed by atoms with Gasteiger partial charge in [-0.3, -0.25) is 9.48 Å². The lowest BCUT2D eigenvalue weighted by atomic mass is 10.2. The smallest absolute Gasteiger partial charge is 0.241 e. The molecule has 0 aliphatic heterocycles. The van der Waals surface area contributed by atoms with E-state index in [-0.39, 0.29) is 12.5 Å². The van der Waals surface area contributed by atoms with Crippen molar-refractivity contribution in [3.63, 3.8) is 0 Å². The predicted octanol–water partition coefficient (Wildman–Crippen LogP) is 1.23. The monoisotopic (exact) mass is 224 g/mol. The summed E-state index contributed by atoms with van der Waals surface area (Å²) < 4.78 is 1.62. The van der Waals surface area contributed by atoms with E-state index in [0.717, 1.165) is 18.5 Å². The van der Waals surface area contributed by atoms with Gasteiger partial charge in [-0.2, -0.15) is 5.10 Å². The van der Waals surface area contributed by atoms with Gasteiger partial charge in [-0.05, 0) is 13.3 Å². The van der Waals surface area contributed by atoms with E-state index in [2.05, 4.69) is 29.6 Å². The maximum absolute atomic E-state index is 11.1. The summed E-state index contributed by atoms with van der Waals surface area (Å²) in [4.78, 5) is 11.1. The van der Waals surface area contributed by atoms with Gasteiger partial charge >= 0.3 is 0 Å². The molecular formula is C11H20N4O. The highest BCUT2D eigenvalue weighted by Crippen LogP contribution is 2.09. The molecule has 1 aromatic rings. The summed E-state index contributed by atoms with van der Waals surface area (Å²) in [5.74, 6) is -0.0451. The molecule has 0 aliphatic rings. The zero-order valence-electron chi connectivity index (χ0n) is 10.2. The van der Waals surface area contributed by atoms with E-state index in [1.807, 2.05) is 6.20 Å². The summed E-state index contributed by atoms with van der Waals surface area (Å²) in [6.45, 7) is 4.56. The largest absolute Gasteiger partial charge is 0.380 e. The zero-order valence-corrected chi connectivity index (χ0v) is 10.2. The number of amides is 1. The van der Waals surface area contributed by atoms with Gasteiger partial charge in [0, 0.05) is 19.3 Å². The Bertz CT molecular complexity index is 334. The molecule has 0 aromatic carbocycles. The normalized spacial score (nSPS) is 12.2. The Kier molecular flexibility index (Phi) is 4.82. The summed E-state index contributed by atoms with van der Waals surface area (Å²) in [5.41, 5.74) is 0.963. The molecule has 1 aromatic heterocycles. The quantitative estimate of drug-likeness (QED) is 0.764. The molecule has 0 aliphatic carbocycles. The molecule has 0 saturated heterocycles. The van der Waals surface area contributed by atoms with Gasteiger partial charge in [0.05, 0.1) is 11.9 Å². The Hall–Kier alpha value is -1.52. The van der Waals surface area contributed by atoms with Gasteiger partial charge in [0.15, 0.2) is 0 Å². The molecule has 0 spiro atoms. The molecule has 1 atom stereocenters. The van der Waals surface area contributed by atoms with E-state index < -0.39 is 0 Å². The summed E-state index contributed by atoms with van der Waals surface area (Å²) in [6.07, 6.45) is 5.87. The highest BCUT2D eigenvalue weighted by atomic mass is 16.1. The molecule has 5 heteroatoms. The number of rotatable bonds is 6. The van der Waals surface area contributed by atoms with Crippen LogP contribution >= 0.6 is 0 Å². The van der Waals surface area contributed by atoms with Gasteiger partial charge < -0.3 is 10.6 Å². The van der Waals surface area contributed by atoms with E-state index in [4.69, 9.17) is 0 Å². The molecule has 1 amide bonds. The first kappa shape index (κ1) is 12.5. The van der Waals surface area contributed by atoms with Crippen molar-refractivity contribution in [3.05, 3.63) is 12.4 Å². The van der Waals surface area contributed by atoms with E-state index in [0.29, 0.717) is 6.04 Å². The topological polar surface area (TPSA) is 59.0 Å². The molecule has 1 rings (SSSR count).